The van der Waals surface area contributed by atoms with E-state index in [4.69, 9.17) is 32.7 Å². The van der Waals surface area contributed by atoms with Crippen molar-refractivity contribution in [2.24, 2.45) is 0 Å². The van der Waals surface area contributed by atoms with Crippen LogP contribution in [0.3, 0.4) is 0 Å². The van der Waals surface area contributed by atoms with Gasteiger partial charge in [-0.2, -0.15) is 0 Å². The summed E-state index contributed by atoms with van der Waals surface area (Å²) >= 11 is 12.9. The monoisotopic (exact) mass is 507 g/mol. The summed E-state index contributed by atoms with van der Waals surface area (Å²) in [4.78, 5) is 36.6. The normalized spacial score (nSPS) is 17.4. The van der Waals surface area contributed by atoms with Crippen molar-refractivity contribution in [2.45, 2.75) is 51.7 Å². The molecule has 34 heavy (non-hydrogen) atoms. The lowest BCUT2D eigenvalue weighted by molar-refractivity contribution is -0.142. The second-order valence-corrected chi connectivity index (χ2v) is 9.78. The number of nitrogens with zero attached hydrogens (tertiary/aromatic N) is 1. The number of hydrogen-bond acceptors (Lipinski definition) is 6. The van der Waals surface area contributed by atoms with E-state index >= 15 is 0 Å². The molecule has 0 bridgehead atoms. The van der Waals surface area contributed by atoms with Crippen molar-refractivity contribution in [3.05, 3.63) is 57.6 Å². The van der Waals surface area contributed by atoms with E-state index in [0.717, 1.165) is 5.56 Å². The van der Waals surface area contributed by atoms with Gasteiger partial charge in [-0.3, -0.25) is 20.5 Å². The first-order valence-electron chi connectivity index (χ1n) is 10.6. The summed E-state index contributed by atoms with van der Waals surface area (Å²) in [5.41, 5.74) is 4.72. The van der Waals surface area contributed by atoms with Crippen LogP contribution in [0, 0.1) is 0 Å². The maximum Gasteiger partial charge on any atom is 0.412 e. The van der Waals surface area contributed by atoms with Crippen LogP contribution in [-0.2, 0) is 19.1 Å². The molecule has 2 aromatic carbocycles. The van der Waals surface area contributed by atoms with E-state index < -0.39 is 23.7 Å². The zero-order valence-electron chi connectivity index (χ0n) is 19.6. The summed E-state index contributed by atoms with van der Waals surface area (Å²) in [7, 11) is 1.29. The van der Waals surface area contributed by atoms with Crippen molar-refractivity contribution in [3.8, 4) is 0 Å². The highest BCUT2D eigenvalue weighted by Gasteiger charge is 2.40. The van der Waals surface area contributed by atoms with Gasteiger partial charge in [-0.1, -0.05) is 35.3 Å². The highest BCUT2D eigenvalue weighted by molar-refractivity contribution is 6.35. The number of nitrogens with one attached hydrogen (secondary N) is 2. The minimum atomic E-state index is -0.805. The lowest BCUT2D eigenvalue weighted by Crippen LogP contribution is -2.55. The smallest absolute Gasteiger partial charge is 0.412 e. The molecule has 0 fully saturated rings. The van der Waals surface area contributed by atoms with Gasteiger partial charge in [0.2, 0.25) is 5.91 Å². The van der Waals surface area contributed by atoms with E-state index in [1.807, 2.05) is 12.1 Å². The summed E-state index contributed by atoms with van der Waals surface area (Å²) in [5, 5.41) is 4.92. The van der Waals surface area contributed by atoms with Crippen LogP contribution >= 0.6 is 23.2 Å². The number of fused-ring (bicyclic) bond motifs is 1. The maximum absolute atomic E-state index is 12.7. The molecule has 8 nitrogen and oxygen atoms in total. The zero-order valence-corrected chi connectivity index (χ0v) is 21.1. The Labute approximate surface area is 208 Å². The molecule has 1 aliphatic rings. The minimum Gasteiger partial charge on any atom is -0.467 e. The van der Waals surface area contributed by atoms with Crippen LogP contribution in [0.4, 0.5) is 16.2 Å². The lowest BCUT2D eigenvalue weighted by Gasteiger charge is -2.41. The van der Waals surface area contributed by atoms with Crippen molar-refractivity contribution in [2.75, 3.05) is 17.4 Å². The van der Waals surface area contributed by atoms with Gasteiger partial charge in [-0.15, -0.1) is 0 Å². The number of amides is 2. The third kappa shape index (κ3) is 5.93. The van der Waals surface area contributed by atoms with Gasteiger partial charge in [-0.25, -0.2) is 9.59 Å². The van der Waals surface area contributed by atoms with Gasteiger partial charge in [-0.05, 0) is 57.0 Å². The molecule has 2 amide bonds. The minimum absolute atomic E-state index is 0.292. The predicted molar refractivity (Wildman–Crippen MR) is 131 cm³/mol. The summed E-state index contributed by atoms with van der Waals surface area (Å²) in [6.07, 6.45) is -0.266. The van der Waals surface area contributed by atoms with Crippen molar-refractivity contribution in [1.82, 2.24) is 5.43 Å². The number of hydrazine groups is 1. The second kappa shape index (κ2) is 10.1. The number of benzene rings is 2. The van der Waals surface area contributed by atoms with Crippen molar-refractivity contribution in [3.63, 3.8) is 0 Å². The molecule has 1 heterocycles. The Morgan fingerprint density at radius 1 is 1.09 bits per heavy atom. The standard InChI is InChI=1S/C24H27Cl2N3O5/c1-13(30)28-29-19-11-15(25)10-18(26)21(19)17(12-20(29)22(31)33-5)14-6-8-16(9-7-14)27-23(32)34-24(2,3)4/h6-11,17,20H,12H2,1-5H3,(H,27,32)(H,28,30)/t17-,20-/m1/s1. The van der Waals surface area contributed by atoms with E-state index in [0.29, 0.717) is 33.4 Å². The molecule has 0 saturated carbocycles. The largest absolute Gasteiger partial charge is 0.467 e. The highest BCUT2D eigenvalue weighted by atomic mass is 35.5. The van der Waals surface area contributed by atoms with E-state index in [9.17, 15) is 14.4 Å². The molecule has 0 unspecified atom stereocenters. The van der Waals surface area contributed by atoms with Crippen LogP contribution < -0.4 is 15.8 Å². The predicted octanol–water partition coefficient (Wildman–Crippen LogP) is 5.28. The first kappa shape index (κ1) is 25.6. The molecule has 1 aliphatic heterocycles. The average Bonchev–Trinajstić information content (AvgIpc) is 2.72. The topological polar surface area (TPSA) is 97.0 Å². The number of hydrogen-bond donors (Lipinski definition) is 2. The van der Waals surface area contributed by atoms with Gasteiger partial charge in [0.15, 0.2) is 0 Å². The highest BCUT2D eigenvalue weighted by Crippen LogP contribution is 2.46. The summed E-state index contributed by atoms with van der Waals surface area (Å²) < 4.78 is 10.3. The number of carbonyl (C=O) groups is 3. The lowest BCUT2D eigenvalue weighted by atomic mass is 9.81. The molecule has 0 radical (unpaired) electrons. The van der Waals surface area contributed by atoms with E-state index in [1.54, 1.807) is 45.0 Å². The fourth-order valence-corrected chi connectivity index (χ4v) is 4.51. The van der Waals surface area contributed by atoms with E-state index in [2.05, 4.69) is 10.7 Å². The number of ether oxygens (including phenoxy) is 2. The van der Waals surface area contributed by atoms with Crippen LogP contribution in [0.5, 0.6) is 0 Å². The van der Waals surface area contributed by atoms with Gasteiger partial charge in [0.25, 0.3) is 0 Å². The molecular formula is C24H27Cl2N3O5. The molecule has 3 rings (SSSR count). The van der Waals surface area contributed by atoms with Crippen LogP contribution in [0.2, 0.25) is 10.0 Å². The fourth-order valence-electron chi connectivity index (χ4n) is 3.90. The van der Waals surface area contributed by atoms with Crippen molar-refractivity contribution >= 4 is 52.5 Å². The third-order valence-electron chi connectivity index (χ3n) is 5.16. The molecule has 10 heteroatoms. The Balaban J connectivity index is 2.00. The fraction of sp³-hybridized carbons (Fsp3) is 0.375. The number of rotatable bonds is 4. The van der Waals surface area contributed by atoms with Gasteiger partial charge < -0.3 is 9.47 Å². The van der Waals surface area contributed by atoms with Crippen molar-refractivity contribution in [1.29, 1.82) is 0 Å². The second-order valence-electron chi connectivity index (χ2n) is 8.93. The molecule has 0 spiro atoms. The Morgan fingerprint density at radius 3 is 2.29 bits per heavy atom. The molecule has 0 aromatic heterocycles. The summed E-state index contributed by atoms with van der Waals surface area (Å²) in [6.45, 7) is 6.71. The number of esters is 1. The van der Waals surface area contributed by atoms with Gasteiger partial charge >= 0.3 is 12.1 Å². The van der Waals surface area contributed by atoms with E-state index in [-0.39, 0.29) is 11.8 Å². The summed E-state index contributed by atoms with van der Waals surface area (Å²) in [5.74, 6) is -1.17. The molecule has 0 saturated heterocycles. The molecule has 2 aromatic rings. The first-order valence-corrected chi connectivity index (χ1v) is 11.4. The van der Waals surface area contributed by atoms with Gasteiger partial charge in [0.05, 0.1) is 12.8 Å². The SMILES string of the molecule is COC(=O)[C@H]1C[C@H](c2ccc(NC(=O)OC(C)(C)C)cc2)c2c(Cl)cc(Cl)cc2N1NC(C)=O. The molecular weight excluding hydrogens is 481 g/mol. The number of halogens is 2. The Bertz CT molecular complexity index is 1100. The number of anilines is 2. The maximum atomic E-state index is 12.7. The quantitative estimate of drug-likeness (QED) is 0.546. The van der Waals surface area contributed by atoms with Crippen LogP contribution in [-0.4, -0.2) is 36.7 Å². The van der Waals surface area contributed by atoms with Crippen molar-refractivity contribution < 1.29 is 23.9 Å². The first-order chi connectivity index (χ1) is 15.9. The Kier molecular flexibility index (Phi) is 7.63. The third-order valence-corrected chi connectivity index (χ3v) is 5.69. The van der Waals surface area contributed by atoms with Crippen LogP contribution in [0.15, 0.2) is 36.4 Å². The Hall–Kier alpha value is -2.97. The Morgan fingerprint density at radius 2 is 1.74 bits per heavy atom. The average molecular weight is 508 g/mol. The van der Waals surface area contributed by atoms with Gasteiger partial charge in [0.1, 0.15) is 11.6 Å². The molecule has 182 valence electrons. The molecule has 2 atom stereocenters. The zero-order chi connectivity index (χ0) is 25.2. The molecule has 2 N–H and O–H groups in total. The number of carbonyl (C=O) groups excluding carboxylic acids is 3. The summed E-state index contributed by atoms with van der Waals surface area (Å²) in [6, 6.07) is 9.65. The van der Waals surface area contributed by atoms with E-state index in [1.165, 1.54) is 19.0 Å². The molecule has 0 aliphatic carbocycles. The van der Waals surface area contributed by atoms with Crippen LogP contribution in [0.25, 0.3) is 0 Å². The van der Waals surface area contributed by atoms with Crippen LogP contribution in [0.1, 0.15) is 51.2 Å². The van der Waals surface area contributed by atoms with Gasteiger partial charge in [0, 0.05) is 34.1 Å². The number of methoxy groups -OCH3 is 1.